The number of fused-ring (bicyclic) bond motifs is 1. The van der Waals surface area contributed by atoms with Crippen molar-refractivity contribution in [2.75, 3.05) is 6.54 Å². The van der Waals surface area contributed by atoms with E-state index in [1.54, 1.807) is 24.3 Å². The smallest absolute Gasteiger partial charge is 0.305 e. The maximum absolute atomic E-state index is 11.9. The Morgan fingerprint density at radius 2 is 1.92 bits per heavy atom. The second kappa shape index (κ2) is 6.77. The number of hydrogen-bond donors (Lipinski definition) is 3. The van der Waals surface area contributed by atoms with Crippen molar-refractivity contribution in [2.24, 2.45) is 4.99 Å². The predicted molar refractivity (Wildman–Crippen MR) is 87.1 cm³/mol. The lowest BCUT2D eigenvalue weighted by molar-refractivity contribution is -0.121. The normalized spacial score (nSPS) is 16.1. The lowest BCUT2D eigenvalue weighted by atomic mass is 10.2. The van der Waals surface area contributed by atoms with Gasteiger partial charge in [-0.2, -0.15) is 0 Å². The van der Waals surface area contributed by atoms with Crippen molar-refractivity contribution < 1.29 is 22.4 Å². The number of benzene rings is 1. The molecule has 9 nitrogen and oxygen atoms in total. The van der Waals surface area contributed by atoms with Crippen LogP contribution in [0, 0.1) is 0 Å². The summed E-state index contributed by atoms with van der Waals surface area (Å²) in [5, 5.41) is 0. The van der Waals surface area contributed by atoms with Crippen molar-refractivity contribution >= 4 is 27.7 Å². The van der Waals surface area contributed by atoms with Gasteiger partial charge in [-0.3, -0.25) is 30.2 Å². The number of carbonyl (C=O) groups is 2. The molecule has 0 fully saturated rings. The zero-order valence-corrected chi connectivity index (χ0v) is 13.7. The number of sulfonamides is 1. The third kappa shape index (κ3) is 3.69. The van der Waals surface area contributed by atoms with E-state index in [2.05, 4.69) is 20.6 Å². The predicted octanol–water partition coefficient (Wildman–Crippen LogP) is 0.169. The first-order valence-corrected chi connectivity index (χ1v) is 8.75. The van der Waals surface area contributed by atoms with Crippen LogP contribution in [0.5, 0.6) is 0 Å². The fourth-order valence-corrected chi connectivity index (χ4v) is 3.43. The summed E-state index contributed by atoms with van der Waals surface area (Å²) < 4.78 is 31.1. The summed E-state index contributed by atoms with van der Waals surface area (Å²) >= 11 is 0. The molecule has 2 amide bonds. The van der Waals surface area contributed by atoms with Gasteiger partial charge in [0.05, 0.1) is 17.7 Å². The Balaban J connectivity index is 1.54. The number of rotatable bonds is 4. The third-order valence-electron chi connectivity index (χ3n) is 3.33. The van der Waals surface area contributed by atoms with Gasteiger partial charge in [0.1, 0.15) is 5.84 Å². The Kier molecular flexibility index (Phi) is 4.52. The van der Waals surface area contributed by atoms with Crippen molar-refractivity contribution in [3.63, 3.8) is 0 Å². The standard InChI is InChI=1S/C15H14N4O5S/c20-13(17-18-15(21)11-5-3-9-24-11)7-8-16-14-10-4-1-2-6-12(10)25(22,23)19-14/h1-6,9H,7-8H2,(H,16,19)(H,17,20)(H,18,21). The van der Waals surface area contributed by atoms with Gasteiger partial charge in [-0.25, -0.2) is 8.42 Å². The van der Waals surface area contributed by atoms with Crippen LogP contribution >= 0.6 is 0 Å². The Bertz CT molecular complexity index is 935. The van der Waals surface area contributed by atoms with Crippen molar-refractivity contribution in [3.8, 4) is 0 Å². The maximum atomic E-state index is 11.9. The summed E-state index contributed by atoms with van der Waals surface area (Å²) in [6.07, 6.45) is 1.30. The van der Waals surface area contributed by atoms with Gasteiger partial charge in [0, 0.05) is 12.0 Å². The SMILES string of the molecule is O=C(CCN=C1NS(=O)(=O)c2ccccc21)NNC(=O)c1ccco1. The van der Waals surface area contributed by atoms with E-state index < -0.39 is 21.8 Å². The number of carbonyl (C=O) groups excluding carboxylic acids is 2. The monoisotopic (exact) mass is 362 g/mol. The fourth-order valence-electron chi connectivity index (χ4n) is 2.18. The minimum Gasteiger partial charge on any atom is -0.459 e. The van der Waals surface area contributed by atoms with Crippen LogP contribution in [0.4, 0.5) is 0 Å². The topological polar surface area (TPSA) is 130 Å². The highest BCUT2D eigenvalue weighted by Crippen LogP contribution is 2.22. The fraction of sp³-hybridized carbons (Fsp3) is 0.133. The molecule has 0 bridgehead atoms. The molecular formula is C15H14N4O5S. The van der Waals surface area contributed by atoms with Gasteiger partial charge in [0.25, 0.3) is 10.0 Å². The molecule has 0 radical (unpaired) electrons. The number of amides is 2. The van der Waals surface area contributed by atoms with Crippen LogP contribution in [-0.2, 0) is 14.8 Å². The van der Waals surface area contributed by atoms with E-state index in [4.69, 9.17) is 4.42 Å². The molecule has 25 heavy (non-hydrogen) atoms. The van der Waals surface area contributed by atoms with Gasteiger partial charge in [-0.1, -0.05) is 12.1 Å². The second-order valence-corrected chi connectivity index (χ2v) is 6.71. The van der Waals surface area contributed by atoms with Gasteiger partial charge in [0.15, 0.2) is 5.76 Å². The molecule has 1 aromatic carbocycles. The minimum atomic E-state index is -3.60. The number of furan rings is 1. The first kappa shape index (κ1) is 16.7. The summed E-state index contributed by atoms with van der Waals surface area (Å²) in [7, 11) is -3.60. The first-order valence-electron chi connectivity index (χ1n) is 7.27. The highest BCUT2D eigenvalue weighted by Gasteiger charge is 2.29. The largest absolute Gasteiger partial charge is 0.459 e. The Morgan fingerprint density at radius 3 is 2.68 bits per heavy atom. The van der Waals surface area contributed by atoms with Gasteiger partial charge in [-0.15, -0.1) is 0 Å². The molecule has 1 aliphatic heterocycles. The molecule has 0 unspecified atom stereocenters. The van der Waals surface area contributed by atoms with E-state index in [9.17, 15) is 18.0 Å². The molecule has 1 aromatic heterocycles. The molecule has 0 spiro atoms. The lowest BCUT2D eigenvalue weighted by Crippen LogP contribution is -2.41. The lowest BCUT2D eigenvalue weighted by Gasteiger charge is -2.05. The van der Waals surface area contributed by atoms with Crippen LogP contribution in [0.2, 0.25) is 0 Å². The van der Waals surface area contributed by atoms with Crippen LogP contribution < -0.4 is 15.6 Å². The van der Waals surface area contributed by atoms with E-state index >= 15 is 0 Å². The number of hydrazine groups is 1. The van der Waals surface area contributed by atoms with Crippen molar-refractivity contribution in [3.05, 3.63) is 54.0 Å². The minimum absolute atomic E-state index is 0.0359. The van der Waals surface area contributed by atoms with E-state index in [0.717, 1.165) is 0 Å². The van der Waals surface area contributed by atoms with Crippen LogP contribution in [0.25, 0.3) is 0 Å². The average molecular weight is 362 g/mol. The molecule has 0 saturated heterocycles. The highest BCUT2D eigenvalue weighted by molar-refractivity contribution is 7.90. The zero-order valence-electron chi connectivity index (χ0n) is 12.9. The van der Waals surface area contributed by atoms with E-state index in [0.29, 0.717) is 5.56 Å². The van der Waals surface area contributed by atoms with Crippen molar-refractivity contribution in [1.29, 1.82) is 0 Å². The van der Waals surface area contributed by atoms with E-state index in [-0.39, 0.29) is 29.5 Å². The van der Waals surface area contributed by atoms with E-state index in [1.165, 1.54) is 18.4 Å². The van der Waals surface area contributed by atoms with Gasteiger partial charge in [-0.05, 0) is 24.3 Å². The van der Waals surface area contributed by atoms with Crippen LogP contribution in [-0.4, -0.2) is 32.6 Å². The zero-order chi connectivity index (χ0) is 17.9. The van der Waals surface area contributed by atoms with E-state index in [1.807, 2.05) is 0 Å². The Morgan fingerprint density at radius 1 is 1.12 bits per heavy atom. The van der Waals surface area contributed by atoms with Crippen LogP contribution in [0.3, 0.4) is 0 Å². The van der Waals surface area contributed by atoms with Crippen molar-refractivity contribution in [2.45, 2.75) is 11.3 Å². The molecule has 3 rings (SSSR count). The van der Waals surface area contributed by atoms with Crippen LogP contribution in [0.1, 0.15) is 22.5 Å². The average Bonchev–Trinajstić information content (AvgIpc) is 3.21. The molecule has 2 heterocycles. The second-order valence-electron chi connectivity index (χ2n) is 5.06. The molecule has 0 aliphatic carbocycles. The van der Waals surface area contributed by atoms with Crippen molar-refractivity contribution in [1.82, 2.24) is 15.6 Å². The highest BCUT2D eigenvalue weighted by atomic mass is 32.2. The quantitative estimate of drug-likeness (QED) is 0.668. The number of hydrogen-bond acceptors (Lipinski definition) is 6. The number of amidine groups is 1. The number of nitrogens with zero attached hydrogens (tertiary/aromatic N) is 1. The molecule has 0 saturated carbocycles. The Labute approximate surface area is 143 Å². The molecule has 10 heteroatoms. The summed E-state index contributed by atoms with van der Waals surface area (Å²) in [4.78, 5) is 27.5. The summed E-state index contributed by atoms with van der Waals surface area (Å²) in [6.45, 7) is 0.0502. The van der Waals surface area contributed by atoms with Gasteiger partial charge in [0.2, 0.25) is 5.91 Å². The number of nitrogens with one attached hydrogen (secondary N) is 3. The molecule has 2 aromatic rings. The van der Waals surface area contributed by atoms with Gasteiger partial charge >= 0.3 is 5.91 Å². The molecule has 1 aliphatic rings. The van der Waals surface area contributed by atoms with Gasteiger partial charge < -0.3 is 4.42 Å². The third-order valence-corrected chi connectivity index (χ3v) is 4.73. The molecule has 3 N–H and O–H groups in total. The molecule has 0 atom stereocenters. The number of aliphatic imine (C=N–C) groups is 1. The maximum Gasteiger partial charge on any atom is 0.305 e. The van der Waals surface area contributed by atoms with Crippen LogP contribution in [0.15, 0.2) is 57.0 Å². The molecular weight excluding hydrogens is 348 g/mol. The first-order chi connectivity index (χ1) is 12.0. The molecule has 130 valence electrons. The summed E-state index contributed by atoms with van der Waals surface area (Å²) in [5.41, 5.74) is 4.89. The Hall–Kier alpha value is -3.14. The summed E-state index contributed by atoms with van der Waals surface area (Å²) in [5.74, 6) is -0.791. The summed E-state index contributed by atoms with van der Waals surface area (Å²) in [6, 6.07) is 9.45.